The molecule has 0 spiro atoms. The van der Waals surface area contributed by atoms with Gasteiger partial charge in [-0.1, -0.05) is 42.5 Å². The van der Waals surface area contributed by atoms with Crippen molar-refractivity contribution >= 4 is 30.0 Å². The minimum Gasteiger partial charge on any atom is -0.492 e. The van der Waals surface area contributed by atoms with Gasteiger partial charge in [0.15, 0.2) is 0 Å². The summed E-state index contributed by atoms with van der Waals surface area (Å²) >= 11 is 0. The van der Waals surface area contributed by atoms with E-state index in [4.69, 9.17) is 29.4 Å². The smallest absolute Gasteiger partial charge is 0.437 e. The largest absolute Gasteiger partial charge is 0.492 e. The van der Waals surface area contributed by atoms with E-state index in [0.717, 1.165) is 11.1 Å². The Labute approximate surface area is 282 Å². The quantitative estimate of drug-likeness (QED) is 0.0712. The lowest BCUT2D eigenvalue weighted by molar-refractivity contribution is -0.149. The first-order valence-corrected chi connectivity index (χ1v) is 15.7. The molecule has 3 amide bonds. The number of benzene rings is 2. The van der Waals surface area contributed by atoms with E-state index in [1.54, 1.807) is 65.8 Å². The molecule has 0 fully saturated rings. The van der Waals surface area contributed by atoms with E-state index < -0.39 is 35.4 Å². The molecule has 2 aromatic carbocycles. The van der Waals surface area contributed by atoms with Crippen LogP contribution in [0.4, 0.5) is 9.59 Å². The Morgan fingerprint density at radius 2 is 1.50 bits per heavy atom. The third-order valence-electron chi connectivity index (χ3n) is 5.82. The normalized spacial score (nSPS) is 12.4. The maximum Gasteiger partial charge on any atom is 0.437 e. The molecule has 0 saturated heterocycles. The fraction of sp³-hybridized carbons (Fsp3) is 0.500. The molecule has 264 valence electrons. The monoisotopic (exact) mass is 671 g/mol. The van der Waals surface area contributed by atoms with Crippen LogP contribution >= 0.6 is 0 Å². The summed E-state index contributed by atoms with van der Waals surface area (Å²) in [6.07, 6.45) is -1.44. The Kier molecular flexibility index (Phi) is 16.3. The van der Waals surface area contributed by atoms with Crippen molar-refractivity contribution in [2.75, 3.05) is 32.9 Å². The molecule has 48 heavy (non-hydrogen) atoms. The highest BCUT2D eigenvalue weighted by Crippen LogP contribution is 2.15. The molecule has 0 saturated carbocycles. The number of nitrogens with zero attached hydrogens (tertiary/aromatic N) is 1. The van der Waals surface area contributed by atoms with E-state index in [0.29, 0.717) is 18.9 Å². The molecule has 0 unspecified atom stereocenters. The summed E-state index contributed by atoms with van der Waals surface area (Å²) < 4.78 is 27.0. The van der Waals surface area contributed by atoms with Gasteiger partial charge in [-0.3, -0.25) is 10.1 Å². The Morgan fingerprint density at radius 3 is 2.12 bits per heavy atom. The fourth-order valence-corrected chi connectivity index (χ4v) is 3.82. The summed E-state index contributed by atoms with van der Waals surface area (Å²) in [5, 5.41) is 8.01. The molecule has 0 aliphatic heterocycles. The highest BCUT2D eigenvalue weighted by Gasteiger charge is 2.23. The molecule has 0 aliphatic rings. The predicted molar refractivity (Wildman–Crippen MR) is 179 cm³/mol. The number of aliphatic imine (C=N–C) groups is 1. The number of nitrogens with two attached hydrogens (primary N) is 1. The molecule has 2 rings (SSSR count). The maximum atomic E-state index is 13.0. The van der Waals surface area contributed by atoms with E-state index in [-0.39, 0.29) is 51.1 Å². The van der Waals surface area contributed by atoms with E-state index >= 15 is 0 Å². The van der Waals surface area contributed by atoms with Gasteiger partial charge < -0.3 is 40.1 Å². The molecule has 0 aromatic heterocycles. The lowest BCUT2D eigenvalue weighted by atomic mass is 10.1. The van der Waals surface area contributed by atoms with Gasteiger partial charge in [0.25, 0.3) is 0 Å². The second-order valence-electron chi connectivity index (χ2n) is 12.6. The first-order chi connectivity index (χ1) is 22.6. The van der Waals surface area contributed by atoms with Crippen molar-refractivity contribution in [1.82, 2.24) is 16.0 Å². The molecule has 0 heterocycles. The van der Waals surface area contributed by atoms with Crippen LogP contribution < -0.4 is 26.4 Å². The highest BCUT2D eigenvalue weighted by atomic mass is 16.6. The number of hydrogen-bond donors (Lipinski definition) is 4. The topological polar surface area (TPSA) is 189 Å². The van der Waals surface area contributed by atoms with Crippen LogP contribution in [0.5, 0.6) is 5.75 Å². The Hall–Kier alpha value is -4.69. The number of carbonyl (C=O) groups is 4. The molecular formula is C34H49N5O9. The van der Waals surface area contributed by atoms with Crippen LogP contribution in [0, 0.1) is 0 Å². The van der Waals surface area contributed by atoms with Gasteiger partial charge in [-0.15, -0.1) is 4.99 Å². The number of guanidine groups is 1. The molecule has 5 N–H and O–H groups in total. The van der Waals surface area contributed by atoms with Crippen LogP contribution in [0.15, 0.2) is 59.6 Å². The minimum atomic E-state index is -0.924. The van der Waals surface area contributed by atoms with Gasteiger partial charge in [-0.05, 0) is 64.8 Å². The minimum absolute atomic E-state index is 0.0702. The lowest BCUT2D eigenvalue weighted by Crippen LogP contribution is -2.45. The molecule has 14 heteroatoms. The summed E-state index contributed by atoms with van der Waals surface area (Å²) in [5.74, 6) is -0.548. The number of alkyl carbamates (subject to hydrolysis) is 1. The van der Waals surface area contributed by atoms with Crippen molar-refractivity contribution in [2.24, 2.45) is 10.7 Å². The molecule has 14 nitrogen and oxygen atoms in total. The van der Waals surface area contributed by atoms with Crippen LogP contribution in [0.25, 0.3) is 0 Å². The summed E-state index contributed by atoms with van der Waals surface area (Å²) in [7, 11) is 0. The molecule has 2 aromatic rings. The van der Waals surface area contributed by atoms with E-state index in [1.165, 1.54) is 0 Å². The van der Waals surface area contributed by atoms with Gasteiger partial charge >= 0.3 is 18.2 Å². The van der Waals surface area contributed by atoms with Gasteiger partial charge in [-0.2, -0.15) is 0 Å². The zero-order valence-corrected chi connectivity index (χ0v) is 28.6. The Balaban J connectivity index is 1.99. The molecule has 0 bridgehead atoms. The first kappa shape index (κ1) is 39.5. The average Bonchev–Trinajstić information content (AvgIpc) is 2.99. The van der Waals surface area contributed by atoms with Gasteiger partial charge in [0.1, 0.15) is 36.2 Å². The summed E-state index contributed by atoms with van der Waals surface area (Å²) in [5.41, 5.74) is 5.46. The number of ether oxygens (including phenoxy) is 5. The summed E-state index contributed by atoms with van der Waals surface area (Å²) in [6, 6.07) is 15.3. The Morgan fingerprint density at radius 1 is 0.833 bits per heavy atom. The van der Waals surface area contributed by atoms with Crippen LogP contribution in [0.2, 0.25) is 0 Å². The number of rotatable bonds is 15. The van der Waals surface area contributed by atoms with Crippen molar-refractivity contribution in [3.63, 3.8) is 0 Å². The number of amides is 3. The number of esters is 1. The number of nitrogens with one attached hydrogen (secondary N) is 3. The van der Waals surface area contributed by atoms with Gasteiger partial charge in [0, 0.05) is 19.4 Å². The van der Waals surface area contributed by atoms with E-state index in [9.17, 15) is 19.2 Å². The van der Waals surface area contributed by atoms with Crippen LogP contribution in [0.1, 0.15) is 59.1 Å². The highest BCUT2D eigenvalue weighted by molar-refractivity contribution is 5.98. The second-order valence-corrected chi connectivity index (χ2v) is 12.6. The summed E-state index contributed by atoms with van der Waals surface area (Å²) in [4.78, 5) is 53.9. The SMILES string of the molecule is CC(C)(C)OC(=O)/N=C(\NCCOc1ccc(C[C@H](NC(=O)CCOCCN)C(=O)OCc2ccccc2)cc1)NC(=O)OC(C)(C)C. The van der Waals surface area contributed by atoms with Crippen LogP contribution in [-0.2, 0) is 41.6 Å². The van der Waals surface area contributed by atoms with E-state index in [1.807, 2.05) is 30.3 Å². The number of hydrogen-bond acceptors (Lipinski definition) is 10. The molecular weight excluding hydrogens is 622 g/mol. The third-order valence-corrected chi connectivity index (χ3v) is 5.82. The van der Waals surface area contributed by atoms with Crippen molar-refractivity contribution < 1.29 is 42.9 Å². The predicted octanol–water partition coefficient (Wildman–Crippen LogP) is 3.61. The van der Waals surface area contributed by atoms with Crippen molar-refractivity contribution in [2.45, 2.75) is 78.2 Å². The first-order valence-electron chi connectivity index (χ1n) is 15.7. The zero-order valence-electron chi connectivity index (χ0n) is 28.6. The molecule has 0 radical (unpaired) electrons. The Bertz CT molecular complexity index is 1340. The maximum absolute atomic E-state index is 13.0. The lowest BCUT2D eigenvalue weighted by Gasteiger charge is -2.21. The molecule has 1 atom stereocenters. The second kappa shape index (κ2) is 19.9. The fourth-order valence-electron chi connectivity index (χ4n) is 3.82. The number of carbonyl (C=O) groups excluding carboxylic acids is 4. The molecule has 0 aliphatic carbocycles. The van der Waals surface area contributed by atoms with Crippen molar-refractivity contribution in [3.05, 3.63) is 65.7 Å². The third kappa shape index (κ3) is 17.9. The van der Waals surface area contributed by atoms with Crippen LogP contribution in [0.3, 0.4) is 0 Å². The summed E-state index contributed by atoms with van der Waals surface area (Å²) in [6.45, 7) is 11.5. The van der Waals surface area contributed by atoms with Gasteiger partial charge in [0.2, 0.25) is 11.9 Å². The van der Waals surface area contributed by atoms with E-state index in [2.05, 4.69) is 20.9 Å². The van der Waals surface area contributed by atoms with Crippen molar-refractivity contribution in [1.29, 1.82) is 0 Å². The van der Waals surface area contributed by atoms with Gasteiger partial charge in [0.05, 0.1) is 19.8 Å². The average molecular weight is 672 g/mol. The standard InChI is InChI=1S/C34H49N5O9/c1-33(2,3)47-31(42)38-30(39-32(43)48-34(4,5)6)36-18-21-45-26-14-12-24(13-15-26)22-27(37-28(40)16-19-44-20-17-35)29(41)46-23-25-10-8-7-9-11-25/h7-15,27H,16-23,35H2,1-6H3,(H,37,40)(H2,36,38,39,42,43)/t27-/m0/s1. The van der Waals surface area contributed by atoms with Crippen molar-refractivity contribution in [3.8, 4) is 5.75 Å². The zero-order chi connectivity index (χ0) is 35.6. The van der Waals surface area contributed by atoms with Crippen LogP contribution in [-0.4, -0.2) is 80.2 Å². The van der Waals surface area contributed by atoms with Gasteiger partial charge in [-0.25, -0.2) is 14.4 Å².